The molecule has 0 aliphatic rings. The predicted molar refractivity (Wildman–Crippen MR) is 72.3 cm³/mol. The molecule has 0 amide bonds. The van der Waals surface area contributed by atoms with Gasteiger partial charge >= 0.3 is 0 Å². The lowest BCUT2D eigenvalue weighted by Crippen LogP contribution is -2.23. The van der Waals surface area contributed by atoms with E-state index in [-0.39, 0.29) is 0 Å². The molecule has 1 heterocycles. The topological polar surface area (TPSA) is 47.0 Å². The van der Waals surface area contributed by atoms with Crippen molar-refractivity contribution in [3.05, 3.63) is 36.2 Å². The van der Waals surface area contributed by atoms with Crippen molar-refractivity contribution < 1.29 is 4.74 Å². The zero-order valence-electron chi connectivity index (χ0n) is 10.9. The van der Waals surface area contributed by atoms with E-state index in [1.165, 1.54) is 0 Å². The molecular weight excluding hydrogens is 226 g/mol. The number of para-hydroxylation sites is 2. The van der Waals surface area contributed by atoms with E-state index in [0.717, 1.165) is 36.4 Å². The Hall–Kier alpha value is -1.52. The number of nitrogens with one attached hydrogen (secondary N) is 1. The van der Waals surface area contributed by atoms with Crippen LogP contribution < -0.4 is 5.32 Å². The minimum Gasteiger partial charge on any atom is -0.384 e. The minimum atomic E-state index is 0.503. The van der Waals surface area contributed by atoms with Gasteiger partial charge in [-0.2, -0.15) is 0 Å². The molecule has 0 fully saturated rings. The van der Waals surface area contributed by atoms with Gasteiger partial charge in [-0.05, 0) is 18.1 Å². The van der Waals surface area contributed by atoms with Gasteiger partial charge in [0, 0.05) is 26.8 Å². The first-order valence-electron chi connectivity index (χ1n) is 6.20. The number of nitrogens with zero attached hydrogens (tertiary/aromatic N) is 2. The lowest BCUT2D eigenvalue weighted by atomic mass is 10.2. The molecule has 1 aromatic carbocycles. The van der Waals surface area contributed by atoms with Crippen molar-refractivity contribution in [3.8, 4) is 0 Å². The smallest absolute Gasteiger partial charge is 0.0890 e. The van der Waals surface area contributed by atoms with Crippen molar-refractivity contribution in [3.63, 3.8) is 0 Å². The normalized spacial score (nSPS) is 12.8. The van der Waals surface area contributed by atoms with Crippen molar-refractivity contribution in [1.82, 2.24) is 15.3 Å². The van der Waals surface area contributed by atoms with E-state index in [1.807, 2.05) is 30.5 Å². The highest BCUT2D eigenvalue weighted by Gasteiger charge is 2.02. The van der Waals surface area contributed by atoms with E-state index in [1.54, 1.807) is 7.11 Å². The Morgan fingerprint density at radius 1 is 1.28 bits per heavy atom. The summed E-state index contributed by atoms with van der Waals surface area (Å²) in [6, 6.07) is 7.91. The SMILES string of the molecule is COCC(C)CNCc1cnc2ccccc2n1. The van der Waals surface area contributed by atoms with Crippen molar-refractivity contribution in [2.24, 2.45) is 5.92 Å². The highest BCUT2D eigenvalue weighted by Crippen LogP contribution is 2.08. The summed E-state index contributed by atoms with van der Waals surface area (Å²) in [7, 11) is 1.73. The summed E-state index contributed by atoms with van der Waals surface area (Å²) in [6.07, 6.45) is 1.83. The summed E-state index contributed by atoms with van der Waals surface area (Å²) in [4.78, 5) is 8.95. The first-order valence-corrected chi connectivity index (χ1v) is 6.20. The van der Waals surface area contributed by atoms with Crippen LogP contribution in [0.25, 0.3) is 11.0 Å². The average molecular weight is 245 g/mol. The van der Waals surface area contributed by atoms with Gasteiger partial charge in [0.1, 0.15) is 0 Å². The Morgan fingerprint density at radius 3 is 2.83 bits per heavy atom. The van der Waals surface area contributed by atoms with Crippen LogP contribution in [0.15, 0.2) is 30.5 Å². The molecule has 1 aromatic heterocycles. The fourth-order valence-corrected chi connectivity index (χ4v) is 1.87. The Balaban J connectivity index is 1.91. The second kappa shape index (κ2) is 6.42. The molecule has 1 N–H and O–H groups in total. The first kappa shape index (κ1) is 12.9. The Morgan fingerprint density at radius 2 is 2.06 bits per heavy atom. The summed E-state index contributed by atoms with van der Waals surface area (Å²) in [5.41, 5.74) is 2.86. The quantitative estimate of drug-likeness (QED) is 0.845. The minimum absolute atomic E-state index is 0.503. The average Bonchev–Trinajstić information content (AvgIpc) is 2.39. The maximum atomic E-state index is 5.10. The summed E-state index contributed by atoms with van der Waals surface area (Å²) in [5, 5.41) is 3.37. The van der Waals surface area contributed by atoms with Crippen LogP contribution in [-0.4, -0.2) is 30.2 Å². The van der Waals surface area contributed by atoms with Gasteiger partial charge in [0.15, 0.2) is 0 Å². The van der Waals surface area contributed by atoms with Crippen LogP contribution in [0.2, 0.25) is 0 Å². The lowest BCUT2D eigenvalue weighted by Gasteiger charge is -2.11. The van der Waals surface area contributed by atoms with Crippen LogP contribution in [0.4, 0.5) is 0 Å². The van der Waals surface area contributed by atoms with Crippen LogP contribution in [0.1, 0.15) is 12.6 Å². The molecule has 96 valence electrons. The fraction of sp³-hybridized carbons (Fsp3) is 0.429. The van der Waals surface area contributed by atoms with Gasteiger partial charge < -0.3 is 10.1 Å². The molecule has 0 aliphatic carbocycles. The Labute approximate surface area is 107 Å². The zero-order chi connectivity index (χ0) is 12.8. The van der Waals surface area contributed by atoms with Gasteiger partial charge in [-0.15, -0.1) is 0 Å². The van der Waals surface area contributed by atoms with Crippen LogP contribution in [0.3, 0.4) is 0 Å². The molecule has 0 spiro atoms. The second-order valence-corrected chi connectivity index (χ2v) is 4.54. The van der Waals surface area contributed by atoms with Crippen LogP contribution in [0.5, 0.6) is 0 Å². The summed E-state index contributed by atoms with van der Waals surface area (Å²) >= 11 is 0. The number of benzene rings is 1. The number of rotatable bonds is 6. The highest BCUT2D eigenvalue weighted by molar-refractivity contribution is 5.73. The van der Waals surface area contributed by atoms with Crippen LogP contribution in [0, 0.1) is 5.92 Å². The third kappa shape index (κ3) is 3.48. The van der Waals surface area contributed by atoms with Gasteiger partial charge in [-0.3, -0.25) is 4.98 Å². The molecule has 18 heavy (non-hydrogen) atoms. The monoisotopic (exact) mass is 245 g/mol. The van der Waals surface area contributed by atoms with Gasteiger partial charge in [0.05, 0.1) is 22.9 Å². The van der Waals surface area contributed by atoms with Gasteiger partial charge in [-0.1, -0.05) is 19.1 Å². The van der Waals surface area contributed by atoms with Crippen molar-refractivity contribution >= 4 is 11.0 Å². The molecule has 4 heteroatoms. The Kier molecular flexibility index (Phi) is 4.61. The predicted octanol–water partition coefficient (Wildman–Crippen LogP) is 2.00. The standard InChI is InChI=1S/C14H19N3O/c1-11(10-18-2)7-15-8-12-9-16-13-5-3-4-6-14(13)17-12/h3-6,9,11,15H,7-8,10H2,1-2H3. The third-order valence-corrected chi connectivity index (χ3v) is 2.75. The summed E-state index contributed by atoms with van der Waals surface area (Å²) in [5.74, 6) is 0.503. The zero-order valence-corrected chi connectivity index (χ0v) is 10.9. The van der Waals surface area contributed by atoms with E-state index in [0.29, 0.717) is 5.92 Å². The molecule has 0 bridgehead atoms. The van der Waals surface area contributed by atoms with Crippen molar-refractivity contribution in [1.29, 1.82) is 0 Å². The number of methoxy groups -OCH3 is 1. The molecule has 1 atom stereocenters. The van der Waals surface area contributed by atoms with Gasteiger partial charge in [0.2, 0.25) is 0 Å². The van der Waals surface area contributed by atoms with Crippen LogP contribution >= 0.6 is 0 Å². The van der Waals surface area contributed by atoms with Crippen LogP contribution in [-0.2, 0) is 11.3 Å². The number of hydrogen-bond donors (Lipinski definition) is 1. The molecule has 0 saturated heterocycles. The Bertz CT molecular complexity index is 501. The molecule has 2 rings (SSSR count). The molecule has 0 saturated carbocycles. The maximum Gasteiger partial charge on any atom is 0.0890 e. The third-order valence-electron chi connectivity index (χ3n) is 2.75. The fourth-order valence-electron chi connectivity index (χ4n) is 1.87. The molecule has 2 aromatic rings. The maximum absolute atomic E-state index is 5.10. The van der Waals surface area contributed by atoms with Crippen molar-refractivity contribution in [2.45, 2.75) is 13.5 Å². The second-order valence-electron chi connectivity index (χ2n) is 4.54. The molecule has 1 unspecified atom stereocenters. The summed E-state index contributed by atoms with van der Waals surface area (Å²) in [6.45, 7) is 4.59. The number of hydrogen-bond acceptors (Lipinski definition) is 4. The van der Waals surface area contributed by atoms with E-state index in [4.69, 9.17) is 4.74 Å². The molecular formula is C14H19N3O. The number of fused-ring (bicyclic) bond motifs is 1. The first-order chi connectivity index (χ1) is 8.79. The molecule has 4 nitrogen and oxygen atoms in total. The summed E-state index contributed by atoms with van der Waals surface area (Å²) < 4.78 is 5.10. The lowest BCUT2D eigenvalue weighted by molar-refractivity contribution is 0.158. The van der Waals surface area contributed by atoms with Crippen molar-refractivity contribution in [2.75, 3.05) is 20.3 Å². The van der Waals surface area contributed by atoms with Gasteiger partial charge in [0.25, 0.3) is 0 Å². The van der Waals surface area contributed by atoms with E-state index in [2.05, 4.69) is 22.2 Å². The molecule has 0 radical (unpaired) electrons. The molecule has 0 aliphatic heterocycles. The number of ether oxygens (including phenoxy) is 1. The van der Waals surface area contributed by atoms with E-state index >= 15 is 0 Å². The largest absolute Gasteiger partial charge is 0.384 e. The van der Waals surface area contributed by atoms with E-state index in [9.17, 15) is 0 Å². The highest BCUT2D eigenvalue weighted by atomic mass is 16.5. The van der Waals surface area contributed by atoms with E-state index < -0.39 is 0 Å². The number of aromatic nitrogens is 2. The van der Waals surface area contributed by atoms with Gasteiger partial charge in [-0.25, -0.2) is 4.98 Å².